The lowest BCUT2D eigenvalue weighted by Gasteiger charge is -2.07. The summed E-state index contributed by atoms with van der Waals surface area (Å²) in [6.07, 6.45) is 0.674. The number of aryl methyl sites for hydroxylation is 2. The summed E-state index contributed by atoms with van der Waals surface area (Å²) in [7, 11) is 1.85. The quantitative estimate of drug-likeness (QED) is 0.946. The lowest BCUT2D eigenvalue weighted by molar-refractivity contribution is 0.916. The highest BCUT2D eigenvalue weighted by molar-refractivity contribution is 9.10. The van der Waals surface area contributed by atoms with Crippen LogP contribution in [0.3, 0.4) is 0 Å². The fourth-order valence-corrected chi connectivity index (χ4v) is 2.50. The number of nitrogens with zero attached hydrogens (tertiary/aromatic N) is 3. The standard InChI is InChI=1S/C11H13BrN4S/c1-6-10(12)11(13-3)16-9(14-6)4-8-5-17-7(2)15-8/h5H,4H2,1-3H3,(H,13,14,16). The van der Waals surface area contributed by atoms with Crippen LogP contribution in [0.1, 0.15) is 22.2 Å². The molecule has 6 heteroatoms. The van der Waals surface area contributed by atoms with Gasteiger partial charge < -0.3 is 5.32 Å². The summed E-state index contributed by atoms with van der Waals surface area (Å²) in [6, 6.07) is 0. The van der Waals surface area contributed by atoms with Crippen LogP contribution in [0.25, 0.3) is 0 Å². The lowest BCUT2D eigenvalue weighted by Crippen LogP contribution is -2.04. The van der Waals surface area contributed by atoms with E-state index in [2.05, 4.69) is 41.6 Å². The van der Waals surface area contributed by atoms with Gasteiger partial charge in [0, 0.05) is 12.4 Å². The molecule has 0 radical (unpaired) electrons. The highest BCUT2D eigenvalue weighted by atomic mass is 79.9. The van der Waals surface area contributed by atoms with Crippen molar-refractivity contribution in [2.45, 2.75) is 20.3 Å². The Morgan fingerprint density at radius 3 is 2.65 bits per heavy atom. The van der Waals surface area contributed by atoms with E-state index >= 15 is 0 Å². The van der Waals surface area contributed by atoms with Gasteiger partial charge in [-0.1, -0.05) is 0 Å². The third kappa shape index (κ3) is 2.81. The Morgan fingerprint density at radius 1 is 1.29 bits per heavy atom. The van der Waals surface area contributed by atoms with Gasteiger partial charge >= 0.3 is 0 Å². The third-order valence-corrected chi connectivity index (χ3v) is 4.08. The van der Waals surface area contributed by atoms with Crippen LogP contribution in [0.4, 0.5) is 5.82 Å². The molecule has 2 rings (SSSR count). The predicted octanol–water partition coefficient (Wildman–Crippen LogP) is 2.94. The monoisotopic (exact) mass is 312 g/mol. The van der Waals surface area contributed by atoms with Crippen molar-refractivity contribution in [3.05, 3.63) is 32.1 Å². The molecule has 90 valence electrons. The molecule has 0 spiro atoms. The van der Waals surface area contributed by atoms with E-state index in [0.717, 1.165) is 32.5 Å². The molecule has 0 bridgehead atoms. The summed E-state index contributed by atoms with van der Waals surface area (Å²) >= 11 is 5.11. The zero-order valence-corrected chi connectivity index (χ0v) is 12.3. The van der Waals surface area contributed by atoms with Gasteiger partial charge in [-0.2, -0.15) is 0 Å². The van der Waals surface area contributed by atoms with Crippen LogP contribution in [-0.2, 0) is 6.42 Å². The Morgan fingerprint density at radius 2 is 2.06 bits per heavy atom. The van der Waals surface area contributed by atoms with E-state index in [-0.39, 0.29) is 0 Å². The zero-order valence-electron chi connectivity index (χ0n) is 9.91. The number of anilines is 1. The fourth-order valence-electron chi connectivity index (χ4n) is 1.51. The van der Waals surface area contributed by atoms with E-state index < -0.39 is 0 Å². The maximum Gasteiger partial charge on any atom is 0.144 e. The van der Waals surface area contributed by atoms with Crippen LogP contribution >= 0.6 is 27.3 Å². The molecule has 0 aromatic carbocycles. The number of nitrogens with one attached hydrogen (secondary N) is 1. The maximum absolute atomic E-state index is 4.45. The maximum atomic E-state index is 4.45. The van der Waals surface area contributed by atoms with Gasteiger partial charge in [0.15, 0.2) is 0 Å². The summed E-state index contributed by atoms with van der Waals surface area (Å²) in [6.45, 7) is 3.96. The molecule has 0 fully saturated rings. The van der Waals surface area contributed by atoms with Gasteiger partial charge in [0.2, 0.25) is 0 Å². The molecule has 0 saturated heterocycles. The van der Waals surface area contributed by atoms with Crippen LogP contribution in [0, 0.1) is 13.8 Å². The van der Waals surface area contributed by atoms with Gasteiger partial charge in [-0.3, -0.25) is 0 Å². The Bertz CT molecular complexity index is 538. The molecule has 0 amide bonds. The van der Waals surface area contributed by atoms with E-state index in [1.165, 1.54) is 0 Å². The summed E-state index contributed by atoms with van der Waals surface area (Å²) in [4.78, 5) is 13.3. The largest absolute Gasteiger partial charge is 0.372 e. The van der Waals surface area contributed by atoms with Gasteiger partial charge in [-0.25, -0.2) is 15.0 Å². The first-order valence-electron chi connectivity index (χ1n) is 5.22. The average Bonchev–Trinajstić information content (AvgIpc) is 2.69. The number of aromatic nitrogens is 3. The second kappa shape index (κ2) is 5.10. The van der Waals surface area contributed by atoms with Crippen molar-refractivity contribution >= 4 is 33.1 Å². The van der Waals surface area contributed by atoms with Gasteiger partial charge in [-0.05, 0) is 29.8 Å². The molecule has 0 unspecified atom stereocenters. The number of halogens is 1. The molecule has 2 aromatic rings. The fraction of sp³-hybridized carbons (Fsp3) is 0.364. The Balaban J connectivity index is 2.30. The number of hydrogen-bond acceptors (Lipinski definition) is 5. The van der Waals surface area contributed by atoms with E-state index in [4.69, 9.17) is 0 Å². The average molecular weight is 313 g/mol. The van der Waals surface area contributed by atoms with Crippen molar-refractivity contribution in [1.29, 1.82) is 0 Å². The molecular weight excluding hydrogens is 300 g/mol. The van der Waals surface area contributed by atoms with E-state index in [1.54, 1.807) is 11.3 Å². The highest BCUT2D eigenvalue weighted by Gasteiger charge is 2.09. The number of rotatable bonds is 3. The van der Waals surface area contributed by atoms with Crippen LogP contribution in [0.5, 0.6) is 0 Å². The summed E-state index contributed by atoms with van der Waals surface area (Å²) in [5, 5.41) is 6.17. The summed E-state index contributed by atoms with van der Waals surface area (Å²) < 4.78 is 0.915. The van der Waals surface area contributed by atoms with Crippen LogP contribution in [0.2, 0.25) is 0 Å². The first kappa shape index (κ1) is 12.4. The molecule has 0 aliphatic rings. The minimum Gasteiger partial charge on any atom is -0.372 e. The SMILES string of the molecule is CNc1nc(Cc2csc(C)n2)nc(C)c1Br. The molecule has 4 nitrogen and oxygen atoms in total. The summed E-state index contributed by atoms with van der Waals surface area (Å²) in [5.41, 5.74) is 1.96. The Labute approximate surface area is 113 Å². The first-order valence-corrected chi connectivity index (χ1v) is 6.89. The minimum absolute atomic E-state index is 0.674. The van der Waals surface area contributed by atoms with Crippen molar-refractivity contribution in [2.24, 2.45) is 0 Å². The van der Waals surface area contributed by atoms with Crippen molar-refractivity contribution in [1.82, 2.24) is 15.0 Å². The zero-order chi connectivity index (χ0) is 12.4. The number of hydrogen-bond donors (Lipinski definition) is 1. The second-order valence-corrected chi connectivity index (χ2v) is 5.53. The van der Waals surface area contributed by atoms with Crippen molar-refractivity contribution in [3.8, 4) is 0 Å². The first-order chi connectivity index (χ1) is 8.10. The molecule has 2 heterocycles. The minimum atomic E-state index is 0.674. The van der Waals surface area contributed by atoms with E-state index in [9.17, 15) is 0 Å². The predicted molar refractivity (Wildman–Crippen MR) is 73.7 cm³/mol. The molecule has 1 N–H and O–H groups in total. The van der Waals surface area contributed by atoms with Crippen molar-refractivity contribution in [3.63, 3.8) is 0 Å². The molecule has 0 aliphatic carbocycles. The van der Waals surface area contributed by atoms with Crippen molar-refractivity contribution in [2.75, 3.05) is 12.4 Å². The van der Waals surface area contributed by atoms with E-state index in [0.29, 0.717) is 6.42 Å². The van der Waals surface area contributed by atoms with Gasteiger partial charge in [0.25, 0.3) is 0 Å². The lowest BCUT2D eigenvalue weighted by atomic mass is 10.3. The second-order valence-electron chi connectivity index (χ2n) is 3.67. The van der Waals surface area contributed by atoms with Crippen molar-refractivity contribution < 1.29 is 0 Å². The molecular formula is C11H13BrN4S. The molecule has 2 aromatic heterocycles. The van der Waals surface area contributed by atoms with Crippen LogP contribution in [0.15, 0.2) is 9.85 Å². The Kier molecular flexibility index (Phi) is 3.73. The van der Waals surface area contributed by atoms with Gasteiger partial charge in [0.05, 0.1) is 27.3 Å². The Hall–Kier alpha value is -1.01. The smallest absolute Gasteiger partial charge is 0.144 e. The molecule has 0 saturated carbocycles. The van der Waals surface area contributed by atoms with E-state index in [1.807, 2.05) is 20.9 Å². The molecule has 0 aliphatic heterocycles. The van der Waals surface area contributed by atoms with Crippen LogP contribution in [-0.4, -0.2) is 22.0 Å². The molecule has 0 atom stereocenters. The normalized spacial score (nSPS) is 10.6. The van der Waals surface area contributed by atoms with Gasteiger partial charge in [0.1, 0.15) is 11.6 Å². The molecule has 17 heavy (non-hydrogen) atoms. The van der Waals surface area contributed by atoms with Gasteiger partial charge in [-0.15, -0.1) is 11.3 Å². The number of thiazole rings is 1. The van der Waals surface area contributed by atoms with Crippen LogP contribution < -0.4 is 5.32 Å². The summed E-state index contributed by atoms with van der Waals surface area (Å²) in [5.74, 6) is 1.61. The highest BCUT2D eigenvalue weighted by Crippen LogP contribution is 2.23. The third-order valence-electron chi connectivity index (χ3n) is 2.31. The topological polar surface area (TPSA) is 50.7 Å².